The van der Waals surface area contributed by atoms with Crippen LogP contribution in [0.1, 0.15) is 11.3 Å². The van der Waals surface area contributed by atoms with Crippen LogP contribution in [0.25, 0.3) is 11.4 Å². The van der Waals surface area contributed by atoms with E-state index in [4.69, 9.17) is 11.6 Å². The van der Waals surface area contributed by atoms with Crippen molar-refractivity contribution in [2.45, 2.75) is 17.7 Å². The molecule has 4 rings (SSSR count). The van der Waals surface area contributed by atoms with Crippen molar-refractivity contribution in [3.05, 3.63) is 82.6 Å². The number of anilines is 1. The van der Waals surface area contributed by atoms with Gasteiger partial charge in [0.2, 0.25) is 0 Å². The van der Waals surface area contributed by atoms with E-state index >= 15 is 0 Å². The van der Waals surface area contributed by atoms with Crippen molar-refractivity contribution in [1.29, 1.82) is 0 Å². The van der Waals surface area contributed by atoms with Crippen LogP contribution in [0.5, 0.6) is 0 Å². The van der Waals surface area contributed by atoms with Gasteiger partial charge in [-0.1, -0.05) is 29.8 Å². The van der Waals surface area contributed by atoms with E-state index in [-0.39, 0.29) is 4.90 Å². The van der Waals surface area contributed by atoms with Crippen molar-refractivity contribution in [2.24, 2.45) is 0 Å². The first-order valence-electron chi connectivity index (χ1n) is 8.81. The first-order chi connectivity index (χ1) is 14.0. The monoisotopic (exact) mass is 444 g/mol. The van der Waals surface area contributed by atoms with Crippen LogP contribution in [0.2, 0.25) is 5.02 Å². The van der Waals surface area contributed by atoms with Gasteiger partial charge in [0.15, 0.2) is 5.13 Å². The summed E-state index contributed by atoms with van der Waals surface area (Å²) in [6.45, 7) is 0. The highest BCUT2D eigenvalue weighted by atomic mass is 35.5. The summed E-state index contributed by atoms with van der Waals surface area (Å²) in [4.78, 5) is 11.8. The molecule has 0 aliphatic carbocycles. The topological polar surface area (TPSA) is 87.7 Å². The van der Waals surface area contributed by atoms with Crippen LogP contribution < -0.4 is 4.72 Å². The molecule has 0 aliphatic heterocycles. The summed E-state index contributed by atoms with van der Waals surface area (Å²) in [5.74, 6) is 0.691. The van der Waals surface area contributed by atoms with E-state index in [2.05, 4.69) is 19.7 Å². The summed E-state index contributed by atoms with van der Waals surface area (Å²) in [5, 5.41) is 2.81. The third kappa shape index (κ3) is 4.67. The highest BCUT2D eigenvalue weighted by Gasteiger charge is 2.16. The second kappa shape index (κ2) is 8.36. The maximum absolute atomic E-state index is 12.4. The molecular weight excluding hydrogens is 428 g/mol. The van der Waals surface area contributed by atoms with Crippen molar-refractivity contribution >= 4 is 38.1 Å². The van der Waals surface area contributed by atoms with E-state index in [0.717, 1.165) is 34.7 Å². The Hall–Kier alpha value is -2.68. The predicted octanol–water partition coefficient (Wildman–Crippen LogP) is 4.77. The fourth-order valence-electron chi connectivity index (χ4n) is 2.84. The first kappa shape index (κ1) is 19.6. The molecule has 2 aromatic carbocycles. The number of halogens is 1. The number of aryl methyl sites for hydroxylation is 2. The van der Waals surface area contributed by atoms with Gasteiger partial charge in [-0.15, -0.1) is 11.3 Å². The highest BCUT2D eigenvalue weighted by molar-refractivity contribution is 7.93. The van der Waals surface area contributed by atoms with Crippen molar-refractivity contribution in [3.8, 4) is 11.4 Å². The molecule has 0 atom stereocenters. The quantitative estimate of drug-likeness (QED) is 0.429. The van der Waals surface area contributed by atoms with Gasteiger partial charge < -0.3 is 4.98 Å². The van der Waals surface area contributed by atoms with Crippen molar-refractivity contribution in [3.63, 3.8) is 0 Å². The standard InChI is InChI=1S/C20H17ClN4O2S2/c21-18-4-2-1-3-14(18)5-8-16-13-23-19(24-16)15-6-9-17(10-7-15)29(26,27)25-20-22-11-12-28-20/h1-4,6-7,9-13H,5,8H2,(H,22,25)(H,23,24). The fraction of sp³-hybridized carbons (Fsp3) is 0.100. The Morgan fingerprint density at radius 2 is 1.83 bits per heavy atom. The molecule has 0 aliphatic rings. The van der Waals surface area contributed by atoms with Crippen LogP contribution >= 0.6 is 22.9 Å². The lowest BCUT2D eigenvalue weighted by Gasteiger charge is -2.06. The molecule has 0 saturated heterocycles. The number of nitrogens with one attached hydrogen (secondary N) is 2. The number of thiazole rings is 1. The van der Waals surface area contributed by atoms with Gasteiger partial charge >= 0.3 is 0 Å². The van der Waals surface area contributed by atoms with Crippen LogP contribution in [-0.4, -0.2) is 23.4 Å². The van der Waals surface area contributed by atoms with Crippen LogP contribution in [0, 0.1) is 0 Å². The number of rotatable bonds is 7. The average Bonchev–Trinajstić information content (AvgIpc) is 3.39. The SMILES string of the molecule is O=S(=O)(Nc1nccs1)c1ccc(-c2ncc(CCc3ccccc3Cl)[nH]2)cc1. The predicted molar refractivity (Wildman–Crippen MR) is 116 cm³/mol. The third-order valence-corrected chi connectivity index (χ3v) is 6.88. The summed E-state index contributed by atoms with van der Waals surface area (Å²) in [6.07, 6.45) is 4.93. The van der Waals surface area contributed by atoms with E-state index in [1.165, 1.54) is 11.3 Å². The lowest BCUT2D eigenvalue weighted by Crippen LogP contribution is -2.12. The van der Waals surface area contributed by atoms with E-state index in [1.807, 2.05) is 24.3 Å². The van der Waals surface area contributed by atoms with Crippen molar-refractivity contribution < 1.29 is 8.42 Å². The zero-order valence-corrected chi connectivity index (χ0v) is 17.6. The minimum atomic E-state index is -3.67. The van der Waals surface area contributed by atoms with Gasteiger partial charge in [0, 0.05) is 34.1 Å². The summed E-state index contributed by atoms with van der Waals surface area (Å²) >= 11 is 7.43. The third-order valence-electron chi connectivity index (χ3n) is 4.34. The Morgan fingerprint density at radius 1 is 1.03 bits per heavy atom. The fourth-order valence-corrected chi connectivity index (χ4v) is 4.86. The molecule has 148 valence electrons. The highest BCUT2D eigenvalue weighted by Crippen LogP contribution is 2.22. The number of H-pyrrole nitrogens is 1. The Morgan fingerprint density at radius 3 is 2.55 bits per heavy atom. The second-order valence-electron chi connectivity index (χ2n) is 6.32. The van der Waals surface area contributed by atoms with Gasteiger partial charge in [-0.2, -0.15) is 0 Å². The first-order valence-corrected chi connectivity index (χ1v) is 11.6. The van der Waals surface area contributed by atoms with Crippen LogP contribution in [0.3, 0.4) is 0 Å². The van der Waals surface area contributed by atoms with Crippen LogP contribution in [-0.2, 0) is 22.9 Å². The number of aromatic amines is 1. The molecule has 0 bridgehead atoms. The molecule has 6 nitrogen and oxygen atoms in total. The smallest absolute Gasteiger partial charge is 0.263 e. The van der Waals surface area contributed by atoms with Gasteiger partial charge in [-0.3, -0.25) is 4.72 Å². The van der Waals surface area contributed by atoms with Crippen molar-refractivity contribution in [2.75, 3.05) is 4.72 Å². The summed E-state index contributed by atoms with van der Waals surface area (Å²) in [7, 11) is -3.67. The summed E-state index contributed by atoms with van der Waals surface area (Å²) < 4.78 is 27.3. The van der Waals surface area contributed by atoms with Gasteiger partial charge in [0.05, 0.1) is 4.90 Å². The number of nitrogens with zero attached hydrogens (tertiary/aromatic N) is 2. The number of benzene rings is 2. The van der Waals surface area contributed by atoms with E-state index in [0.29, 0.717) is 11.0 Å². The van der Waals surface area contributed by atoms with E-state index in [9.17, 15) is 8.42 Å². The maximum atomic E-state index is 12.4. The molecule has 0 radical (unpaired) electrons. The number of sulfonamides is 1. The zero-order chi connectivity index (χ0) is 20.3. The van der Waals surface area contributed by atoms with E-state index < -0.39 is 10.0 Å². The maximum Gasteiger partial charge on any atom is 0.263 e. The molecule has 9 heteroatoms. The Bertz CT molecular complexity index is 1200. The zero-order valence-electron chi connectivity index (χ0n) is 15.2. The molecular formula is C20H17ClN4O2S2. The van der Waals surface area contributed by atoms with Gasteiger partial charge in [-0.05, 0) is 48.7 Å². The normalized spacial score (nSPS) is 11.5. The van der Waals surface area contributed by atoms with E-state index in [1.54, 1.807) is 42.0 Å². The summed E-state index contributed by atoms with van der Waals surface area (Å²) in [6, 6.07) is 14.3. The molecule has 4 aromatic rings. The van der Waals surface area contributed by atoms with Crippen LogP contribution in [0.15, 0.2) is 71.2 Å². The molecule has 0 spiro atoms. The largest absolute Gasteiger partial charge is 0.342 e. The van der Waals surface area contributed by atoms with Gasteiger partial charge in [0.25, 0.3) is 10.0 Å². The summed E-state index contributed by atoms with van der Waals surface area (Å²) in [5.41, 5.74) is 2.89. The molecule has 2 heterocycles. The number of hydrogen-bond donors (Lipinski definition) is 2. The lowest BCUT2D eigenvalue weighted by atomic mass is 10.1. The van der Waals surface area contributed by atoms with Gasteiger partial charge in [0.1, 0.15) is 5.82 Å². The molecule has 0 unspecified atom stereocenters. The molecule has 0 saturated carbocycles. The van der Waals surface area contributed by atoms with Crippen molar-refractivity contribution in [1.82, 2.24) is 15.0 Å². The Balaban J connectivity index is 1.45. The Labute approximate surface area is 177 Å². The van der Waals surface area contributed by atoms with Gasteiger partial charge in [-0.25, -0.2) is 18.4 Å². The molecule has 0 amide bonds. The average molecular weight is 445 g/mol. The minimum Gasteiger partial charge on any atom is -0.342 e. The lowest BCUT2D eigenvalue weighted by molar-refractivity contribution is 0.601. The Kier molecular flexibility index (Phi) is 5.66. The molecule has 2 aromatic heterocycles. The molecule has 2 N–H and O–H groups in total. The number of aromatic nitrogens is 3. The number of hydrogen-bond acceptors (Lipinski definition) is 5. The second-order valence-corrected chi connectivity index (χ2v) is 9.30. The minimum absolute atomic E-state index is 0.168. The van der Waals surface area contributed by atoms with Crippen LogP contribution in [0.4, 0.5) is 5.13 Å². The molecule has 0 fully saturated rings. The molecule has 29 heavy (non-hydrogen) atoms. The number of imidazole rings is 1.